The third-order valence-electron chi connectivity index (χ3n) is 6.06. The molecule has 0 aliphatic carbocycles. The van der Waals surface area contributed by atoms with Gasteiger partial charge in [-0.1, -0.05) is 10.3 Å². The molecular formula is C25H27F2N9O3. The number of rotatable bonds is 8. The monoisotopic (exact) mass is 539 g/mol. The van der Waals surface area contributed by atoms with Crippen LogP contribution >= 0.6 is 0 Å². The summed E-state index contributed by atoms with van der Waals surface area (Å²) < 4.78 is 39.4. The fraction of sp³-hybridized carbons (Fsp3) is 0.400. The second-order valence-corrected chi connectivity index (χ2v) is 10.2. The molecule has 204 valence electrons. The Hall–Kier alpha value is -4.49. The van der Waals surface area contributed by atoms with Crippen LogP contribution in [-0.4, -0.2) is 54.2 Å². The van der Waals surface area contributed by atoms with Crippen molar-refractivity contribution in [2.24, 2.45) is 5.41 Å². The number of aromatic nitrogens is 7. The molecule has 0 amide bonds. The summed E-state index contributed by atoms with van der Waals surface area (Å²) in [6.45, 7) is 6.84. The average Bonchev–Trinajstić information content (AvgIpc) is 3.66. The van der Waals surface area contributed by atoms with Gasteiger partial charge in [0, 0.05) is 44.0 Å². The Kier molecular flexibility index (Phi) is 7.17. The van der Waals surface area contributed by atoms with Crippen LogP contribution in [0.5, 0.6) is 0 Å². The number of nitrogens with one attached hydrogen (secondary N) is 1. The first kappa shape index (κ1) is 26.1. The number of halogens is 2. The minimum atomic E-state index is -0.648. The topological polar surface area (TPSA) is 137 Å². The molecule has 0 radical (unpaired) electrons. The summed E-state index contributed by atoms with van der Waals surface area (Å²) in [5, 5.41) is 19.5. The van der Waals surface area contributed by atoms with Crippen molar-refractivity contribution in [3.8, 4) is 11.5 Å². The molecule has 4 heterocycles. The van der Waals surface area contributed by atoms with Crippen molar-refractivity contribution >= 4 is 17.9 Å². The van der Waals surface area contributed by atoms with E-state index in [0.29, 0.717) is 30.2 Å². The molecule has 1 saturated heterocycles. The maximum absolute atomic E-state index is 13.4. The molecule has 1 fully saturated rings. The summed E-state index contributed by atoms with van der Waals surface area (Å²) in [7, 11) is 0. The van der Waals surface area contributed by atoms with Gasteiger partial charge in [0.1, 0.15) is 11.6 Å². The predicted octanol–water partition coefficient (Wildman–Crippen LogP) is 3.55. The van der Waals surface area contributed by atoms with Gasteiger partial charge in [-0.25, -0.2) is 23.4 Å². The summed E-state index contributed by atoms with van der Waals surface area (Å²) in [4.78, 5) is 22.4. The molecule has 1 aromatic carbocycles. The lowest BCUT2D eigenvalue weighted by molar-refractivity contribution is -0.157. The molecule has 3 aromatic heterocycles. The first-order valence-corrected chi connectivity index (χ1v) is 12.3. The van der Waals surface area contributed by atoms with E-state index in [9.17, 15) is 13.6 Å². The van der Waals surface area contributed by atoms with Crippen molar-refractivity contribution in [3.05, 3.63) is 59.7 Å². The Morgan fingerprint density at radius 3 is 2.59 bits per heavy atom. The van der Waals surface area contributed by atoms with Crippen molar-refractivity contribution in [2.45, 2.75) is 46.4 Å². The maximum Gasteiger partial charge on any atom is 0.318 e. The first-order chi connectivity index (χ1) is 18.6. The fourth-order valence-electron chi connectivity index (χ4n) is 3.96. The van der Waals surface area contributed by atoms with Gasteiger partial charge >= 0.3 is 12.0 Å². The molecule has 1 N–H and O–H groups in total. The molecule has 1 aliphatic heterocycles. The summed E-state index contributed by atoms with van der Waals surface area (Å²) in [6, 6.07) is 3.66. The van der Waals surface area contributed by atoms with Crippen LogP contribution in [0.25, 0.3) is 11.5 Å². The number of nitrogens with zero attached hydrogens (tertiary/aromatic N) is 8. The number of ether oxygens (including phenoxy) is 1. The van der Waals surface area contributed by atoms with Crippen molar-refractivity contribution in [1.29, 1.82) is 0 Å². The second-order valence-electron chi connectivity index (χ2n) is 10.2. The van der Waals surface area contributed by atoms with Crippen LogP contribution in [0.15, 0.2) is 41.2 Å². The lowest BCUT2D eigenvalue weighted by atomic mass is 9.98. The third kappa shape index (κ3) is 6.33. The summed E-state index contributed by atoms with van der Waals surface area (Å²) >= 11 is 0. The minimum Gasteiger partial charge on any atom is -0.442 e. The first-order valence-electron chi connectivity index (χ1n) is 12.3. The van der Waals surface area contributed by atoms with Gasteiger partial charge in [0.15, 0.2) is 6.73 Å². The predicted molar refractivity (Wildman–Crippen MR) is 134 cm³/mol. The lowest BCUT2D eigenvalue weighted by Gasteiger charge is -2.16. The molecule has 4 aromatic rings. The maximum atomic E-state index is 13.4. The highest BCUT2D eigenvalue weighted by Crippen LogP contribution is 2.30. The second kappa shape index (κ2) is 10.7. The molecule has 1 aliphatic rings. The van der Waals surface area contributed by atoms with Crippen LogP contribution in [-0.2, 0) is 22.8 Å². The van der Waals surface area contributed by atoms with Crippen LogP contribution in [0.4, 0.5) is 20.7 Å². The Bertz CT molecular complexity index is 1430. The van der Waals surface area contributed by atoms with E-state index < -0.39 is 17.0 Å². The number of carbonyl (C=O) groups is 1. The van der Waals surface area contributed by atoms with Gasteiger partial charge in [-0.15, -0.1) is 10.2 Å². The largest absolute Gasteiger partial charge is 0.442 e. The Morgan fingerprint density at radius 1 is 1.13 bits per heavy atom. The Morgan fingerprint density at radius 2 is 1.87 bits per heavy atom. The van der Waals surface area contributed by atoms with Crippen molar-refractivity contribution in [3.63, 3.8) is 0 Å². The number of benzene rings is 1. The quantitative estimate of drug-likeness (QED) is 0.329. The zero-order chi connectivity index (χ0) is 27.6. The zero-order valence-corrected chi connectivity index (χ0v) is 21.6. The van der Waals surface area contributed by atoms with Gasteiger partial charge in [-0.05, 0) is 44.9 Å². The molecule has 0 bridgehead atoms. The molecule has 0 spiro atoms. The lowest BCUT2D eigenvalue weighted by Crippen LogP contribution is -2.24. The number of hydrogen-bond acceptors (Lipinski definition) is 11. The van der Waals surface area contributed by atoms with Gasteiger partial charge in [0.25, 0.3) is 5.89 Å². The van der Waals surface area contributed by atoms with Crippen molar-refractivity contribution in [1.82, 2.24) is 35.2 Å². The Balaban J connectivity index is 1.15. The van der Waals surface area contributed by atoms with E-state index in [-0.39, 0.29) is 37.0 Å². The van der Waals surface area contributed by atoms with Crippen molar-refractivity contribution in [2.75, 3.05) is 23.3 Å². The average molecular weight is 540 g/mol. The van der Waals surface area contributed by atoms with Gasteiger partial charge in [0.05, 0.1) is 22.9 Å². The van der Waals surface area contributed by atoms with E-state index in [4.69, 9.17) is 9.15 Å². The van der Waals surface area contributed by atoms with E-state index in [1.165, 1.54) is 29.2 Å². The Labute approximate surface area is 222 Å². The van der Waals surface area contributed by atoms with Gasteiger partial charge in [0.2, 0.25) is 5.95 Å². The van der Waals surface area contributed by atoms with Gasteiger partial charge in [-0.3, -0.25) is 4.79 Å². The molecule has 39 heavy (non-hydrogen) atoms. The molecule has 14 heteroatoms. The summed E-state index contributed by atoms with van der Waals surface area (Å²) in [5.74, 6) is -0.955. The number of esters is 1. The molecule has 1 unspecified atom stereocenters. The molecule has 1 atom stereocenters. The SMILES string of the molecule is CC(C)(C)C(=O)OCn1cc(C2CCN(c3nnc(-c4cnc(NCc5cc(F)cc(F)c5)nc4)o3)C2)nn1. The smallest absolute Gasteiger partial charge is 0.318 e. The van der Waals surface area contributed by atoms with Crippen LogP contribution in [0, 0.1) is 17.0 Å². The summed E-state index contributed by atoms with van der Waals surface area (Å²) in [6.07, 6.45) is 5.64. The highest BCUT2D eigenvalue weighted by molar-refractivity contribution is 5.75. The van der Waals surface area contributed by atoms with E-state index in [2.05, 4.69) is 35.8 Å². The van der Waals surface area contributed by atoms with E-state index in [0.717, 1.165) is 18.2 Å². The number of anilines is 2. The molecule has 12 nitrogen and oxygen atoms in total. The third-order valence-corrected chi connectivity index (χ3v) is 6.06. The molecule has 5 rings (SSSR count). The minimum absolute atomic E-state index is 0.00624. The van der Waals surface area contributed by atoms with Crippen LogP contribution < -0.4 is 10.2 Å². The van der Waals surface area contributed by atoms with E-state index in [1.807, 2.05) is 4.90 Å². The highest BCUT2D eigenvalue weighted by Gasteiger charge is 2.30. The van der Waals surface area contributed by atoms with E-state index in [1.54, 1.807) is 27.0 Å². The number of carbonyl (C=O) groups excluding carboxylic acids is 1. The van der Waals surface area contributed by atoms with Crippen LogP contribution in [0.2, 0.25) is 0 Å². The fourth-order valence-corrected chi connectivity index (χ4v) is 3.96. The van der Waals surface area contributed by atoms with Crippen LogP contribution in [0.1, 0.15) is 44.4 Å². The van der Waals surface area contributed by atoms with E-state index >= 15 is 0 Å². The molecule has 0 saturated carbocycles. The number of hydrogen-bond donors (Lipinski definition) is 1. The van der Waals surface area contributed by atoms with Crippen LogP contribution in [0.3, 0.4) is 0 Å². The highest BCUT2D eigenvalue weighted by atomic mass is 19.1. The zero-order valence-electron chi connectivity index (χ0n) is 21.6. The van der Waals surface area contributed by atoms with Gasteiger partial charge < -0.3 is 19.4 Å². The van der Waals surface area contributed by atoms with Gasteiger partial charge in [-0.2, -0.15) is 0 Å². The standard InChI is InChI=1S/C25H27F2N9O3/c1-25(2,3)22(37)38-14-36-13-20(31-34-36)16-4-5-35(12-16)24-33-32-21(39-24)17-10-29-23(30-11-17)28-9-15-6-18(26)8-19(27)7-15/h6-8,10-11,13,16H,4-5,9,12,14H2,1-3H3,(H,28,29,30). The normalized spacial score (nSPS) is 15.5. The molecular weight excluding hydrogens is 512 g/mol. The summed E-state index contributed by atoms with van der Waals surface area (Å²) in [5.41, 5.74) is 1.16. The van der Waals surface area contributed by atoms with Crippen molar-refractivity contribution < 1.29 is 22.7 Å².